The maximum Gasteiger partial charge on any atom is 0.265 e. The highest BCUT2D eigenvalue weighted by atomic mass is 16.5. The van der Waals surface area contributed by atoms with Crippen molar-refractivity contribution in [1.82, 2.24) is 0 Å². The van der Waals surface area contributed by atoms with Crippen molar-refractivity contribution in [3.8, 4) is 11.5 Å². The molecular formula is C21H22N2O4. The van der Waals surface area contributed by atoms with Gasteiger partial charge in [0.15, 0.2) is 6.61 Å². The summed E-state index contributed by atoms with van der Waals surface area (Å²) in [5.41, 5.74) is 2.20. The topological polar surface area (TPSA) is 67.9 Å². The smallest absolute Gasteiger partial charge is 0.265 e. The summed E-state index contributed by atoms with van der Waals surface area (Å²) >= 11 is 0. The summed E-state index contributed by atoms with van der Waals surface area (Å²) < 4.78 is 10.9. The van der Waals surface area contributed by atoms with Gasteiger partial charge in [-0.25, -0.2) is 0 Å². The number of carbonyl (C=O) groups excluding carboxylic acids is 2. The number of hydrogen-bond acceptors (Lipinski definition) is 4. The zero-order valence-corrected chi connectivity index (χ0v) is 15.2. The number of amides is 2. The van der Waals surface area contributed by atoms with Crippen LogP contribution < -0.4 is 19.7 Å². The van der Waals surface area contributed by atoms with Gasteiger partial charge in [-0.3, -0.25) is 9.59 Å². The quantitative estimate of drug-likeness (QED) is 0.764. The number of hydrogen-bond donors (Lipinski definition) is 1. The Hall–Kier alpha value is -3.28. The molecule has 0 fully saturated rings. The Kier molecular flexibility index (Phi) is 5.76. The second kappa shape index (κ2) is 8.40. The number of anilines is 2. The van der Waals surface area contributed by atoms with Crippen molar-refractivity contribution in [1.29, 1.82) is 0 Å². The van der Waals surface area contributed by atoms with E-state index in [1.165, 1.54) is 0 Å². The van der Waals surface area contributed by atoms with Crippen LogP contribution >= 0.6 is 0 Å². The van der Waals surface area contributed by atoms with Gasteiger partial charge in [-0.15, -0.1) is 6.58 Å². The van der Waals surface area contributed by atoms with Gasteiger partial charge in [0.05, 0.1) is 18.7 Å². The van der Waals surface area contributed by atoms with Gasteiger partial charge in [0, 0.05) is 18.3 Å². The van der Waals surface area contributed by atoms with Gasteiger partial charge in [0.2, 0.25) is 5.91 Å². The summed E-state index contributed by atoms with van der Waals surface area (Å²) in [5, 5.41) is 2.86. The highest BCUT2D eigenvalue weighted by Gasteiger charge is 2.24. The van der Waals surface area contributed by atoms with E-state index >= 15 is 0 Å². The van der Waals surface area contributed by atoms with Crippen molar-refractivity contribution in [3.63, 3.8) is 0 Å². The summed E-state index contributed by atoms with van der Waals surface area (Å²) in [7, 11) is 0. The highest BCUT2D eigenvalue weighted by Crippen LogP contribution is 2.34. The molecule has 27 heavy (non-hydrogen) atoms. The van der Waals surface area contributed by atoms with E-state index in [2.05, 4.69) is 11.9 Å². The molecular weight excluding hydrogens is 344 g/mol. The molecule has 0 bridgehead atoms. The van der Waals surface area contributed by atoms with E-state index in [0.29, 0.717) is 30.3 Å². The largest absolute Gasteiger partial charge is 0.494 e. The van der Waals surface area contributed by atoms with Crippen LogP contribution in [0.25, 0.3) is 0 Å². The first-order valence-corrected chi connectivity index (χ1v) is 8.80. The highest BCUT2D eigenvalue weighted by molar-refractivity contribution is 5.99. The first kappa shape index (κ1) is 18.5. The lowest BCUT2D eigenvalue weighted by molar-refractivity contribution is -0.121. The van der Waals surface area contributed by atoms with E-state index in [1.807, 2.05) is 31.2 Å². The van der Waals surface area contributed by atoms with Gasteiger partial charge < -0.3 is 19.7 Å². The Labute approximate surface area is 158 Å². The fourth-order valence-electron chi connectivity index (χ4n) is 2.87. The average Bonchev–Trinajstić information content (AvgIpc) is 2.66. The molecule has 0 saturated heterocycles. The Morgan fingerprint density at radius 3 is 2.78 bits per heavy atom. The van der Waals surface area contributed by atoms with Gasteiger partial charge in [-0.05, 0) is 36.8 Å². The van der Waals surface area contributed by atoms with Gasteiger partial charge in [-0.1, -0.05) is 18.2 Å². The minimum atomic E-state index is -0.131. The molecule has 3 rings (SSSR count). The molecule has 0 atom stereocenters. The number of nitrogens with one attached hydrogen (secondary N) is 1. The van der Waals surface area contributed by atoms with Crippen LogP contribution in [0.3, 0.4) is 0 Å². The molecule has 0 unspecified atom stereocenters. The monoisotopic (exact) mass is 366 g/mol. The molecule has 2 aromatic rings. The number of carbonyl (C=O) groups is 2. The molecule has 6 heteroatoms. The maximum atomic E-state index is 12.3. The summed E-state index contributed by atoms with van der Waals surface area (Å²) in [6.45, 7) is 6.60. The summed E-state index contributed by atoms with van der Waals surface area (Å²) in [4.78, 5) is 25.9. The molecule has 1 N–H and O–H groups in total. The Morgan fingerprint density at radius 1 is 1.30 bits per heavy atom. The molecule has 6 nitrogen and oxygen atoms in total. The van der Waals surface area contributed by atoms with Crippen LogP contribution in [0.5, 0.6) is 11.5 Å². The van der Waals surface area contributed by atoms with E-state index in [1.54, 1.807) is 29.2 Å². The van der Waals surface area contributed by atoms with E-state index in [0.717, 1.165) is 11.3 Å². The minimum absolute atomic E-state index is 0.0234. The molecule has 2 amide bonds. The van der Waals surface area contributed by atoms with E-state index in [9.17, 15) is 9.59 Å². The van der Waals surface area contributed by atoms with Crippen LogP contribution in [0.4, 0.5) is 11.4 Å². The van der Waals surface area contributed by atoms with Crippen LogP contribution in [-0.4, -0.2) is 31.6 Å². The lowest BCUT2D eigenvalue weighted by atomic mass is 10.1. The molecule has 0 aromatic heterocycles. The Morgan fingerprint density at radius 2 is 2.07 bits per heavy atom. The van der Waals surface area contributed by atoms with Crippen molar-refractivity contribution in [3.05, 3.63) is 60.7 Å². The molecule has 2 aromatic carbocycles. The molecule has 1 heterocycles. The van der Waals surface area contributed by atoms with Gasteiger partial charge in [0.1, 0.15) is 11.5 Å². The molecule has 0 spiro atoms. The normalized spacial score (nSPS) is 12.8. The van der Waals surface area contributed by atoms with Gasteiger partial charge >= 0.3 is 0 Å². The fourth-order valence-corrected chi connectivity index (χ4v) is 2.87. The number of ether oxygens (including phenoxy) is 2. The summed E-state index contributed by atoms with van der Waals surface area (Å²) in [5.74, 6) is 1.10. The summed E-state index contributed by atoms with van der Waals surface area (Å²) in [6, 6.07) is 12.7. The number of rotatable bonds is 7. The molecule has 1 aliphatic heterocycles. The number of benzene rings is 2. The standard InChI is InChI=1S/C21H22N2O4/c1-3-11-23-18-10-7-16(13-19(18)27-14-21(23)25)22-20(24)12-15-5-8-17(9-6-15)26-4-2/h3,5-10,13H,1,4,11-12,14H2,2H3,(H,22,24). The van der Waals surface area contributed by atoms with Crippen molar-refractivity contribution in [2.75, 3.05) is 30.0 Å². The number of fused-ring (bicyclic) bond motifs is 1. The predicted octanol–water partition coefficient (Wildman–Crippen LogP) is 3.18. The number of nitrogens with zero attached hydrogens (tertiary/aromatic N) is 1. The first-order valence-electron chi connectivity index (χ1n) is 8.80. The Balaban J connectivity index is 1.66. The van der Waals surface area contributed by atoms with Crippen LogP contribution in [0.15, 0.2) is 55.1 Å². The van der Waals surface area contributed by atoms with Crippen LogP contribution in [-0.2, 0) is 16.0 Å². The molecule has 1 aliphatic rings. The molecule has 0 saturated carbocycles. The zero-order chi connectivity index (χ0) is 19.2. The Bertz CT molecular complexity index is 846. The first-order chi connectivity index (χ1) is 13.1. The predicted molar refractivity (Wildman–Crippen MR) is 104 cm³/mol. The van der Waals surface area contributed by atoms with Crippen molar-refractivity contribution in [2.45, 2.75) is 13.3 Å². The van der Waals surface area contributed by atoms with E-state index in [4.69, 9.17) is 9.47 Å². The van der Waals surface area contributed by atoms with Crippen LogP contribution in [0.1, 0.15) is 12.5 Å². The molecule has 140 valence electrons. The third-order valence-corrected chi connectivity index (χ3v) is 4.10. The average molecular weight is 366 g/mol. The van der Waals surface area contributed by atoms with E-state index < -0.39 is 0 Å². The van der Waals surface area contributed by atoms with Gasteiger partial charge in [0.25, 0.3) is 5.91 Å². The lowest BCUT2D eigenvalue weighted by Gasteiger charge is -2.28. The zero-order valence-electron chi connectivity index (χ0n) is 15.2. The lowest BCUT2D eigenvalue weighted by Crippen LogP contribution is -2.38. The molecule has 0 radical (unpaired) electrons. The maximum absolute atomic E-state index is 12.3. The SMILES string of the molecule is C=CCN1C(=O)COc2cc(NC(=O)Cc3ccc(OCC)cc3)ccc21. The van der Waals surface area contributed by atoms with Crippen molar-refractivity contribution >= 4 is 23.2 Å². The van der Waals surface area contributed by atoms with Crippen molar-refractivity contribution < 1.29 is 19.1 Å². The van der Waals surface area contributed by atoms with Crippen LogP contribution in [0, 0.1) is 0 Å². The second-order valence-electron chi connectivity index (χ2n) is 6.07. The minimum Gasteiger partial charge on any atom is -0.494 e. The van der Waals surface area contributed by atoms with Crippen molar-refractivity contribution in [2.24, 2.45) is 0 Å². The van der Waals surface area contributed by atoms with Crippen LogP contribution in [0.2, 0.25) is 0 Å². The third-order valence-electron chi connectivity index (χ3n) is 4.10. The van der Waals surface area contributed by atoms with E-state index in [-0.39, 0.29) is 24.8 Å². The summed E-state index contributed by atoms with van der Waals surface area (Å²) in [6.07, 6.45) is 1.92. The third kappa shape index (κ3) is 4.47. The van der Waals surface area contributed by atoms with Gasteiger partial charge in [-0.2, -0.15) is 0 Å². The molecule has 0 aliphatic carbocycles. The fraction of sp³-hybridized carbons (Fsp3) is 0.238. The second-order valence-corrected chi connectivity index (χ2v) is 6.07.